The Kier molecular flexibility index (Phi) is 3.95. The molecule has 1 N–H and O–H groups in total. The van der Waals surface area contributed by atoms with Crippen LogP contribution >= 0.6 is 0 Å². The lowest BCUT2D eigenvalue weighted by molar-refractivity contribution is -0.158. The first-order valence-electron chi connectivity index (χ1n) is 10.6. The highest BCUT2D eigenvalue weighted by molar-refractivity contribution is 5.79. The molecule has 4 fully saturated rings. The average Bonchev–Trinajstić information content (AvgIpc) is 2.80. The van der Waals surface area contributed by atoms with Crippen molar-refractivity contribution in [3.05, 3.63) is 0 Å². The number of aliphatic hydroxyl groups is 1. The van der Waals surface area contributed by atoms with E-state index >= 15 is 0 Å². The van der Waals surface area contributed by atoms with E-state index in [2.05, 4.69) is 20.8 Å². The summed E-state index contributed by atoms with van der Waals surface area (Å²) in [6, 6.07) is 0. The van der Waals surface area contributed by atoms with Crippen LogP contribution in [0.3, 0.4) is 0 Å². The van der Waals surface area contributed by atoms with Gasteiger partial charge in [0.1, 0.15) is 5.78 Å². The number of hydrogen-bond acceptors (Lipinski definition) is 2. The Morgan fingerprint density at radius 2 is 1.79 bits per heavy atom. The van der Waals surface area contributed by atoms with Crippen molar-refractivity contribution in [2.24, 2.45) is 34.5 Å². The van der Waals surface area contributed by atoms with Gasteiger partial charge in [-0.2, -0.15) is 0 Å². The van der Waals surface area contributed by atoms with Crippen molar-refractivity contribution in [2.75, 3.05) is 0 Å². The SMILES string of the molecule is CCC[C@]1(O)CC[C@@H]2[C@@H]3CC[C@@H]4CC(=O)CC[C@]4(C)[C@@H]3CC[C@@]21C. The summed E-state index contributed by atoms with van der Waals surface area (Å²) in [7, 11) is 0. The summed E-state index contributed by atoms with van der Waals surface area (Å²) in [4.78, 5) is 12.0. The molecule has 0 spiro atoms. The molecule has 2 nitrogen and oxygen atoms in total. The number of carbonyl (C=O) groups is 1. The van der Waals surface area contributed by atoms with Gasteiger partial charge in [0.15, 0.2) is 0 Å². The fraction of sp³-hybridized carbons (Fsp3) is 0.955. The van der Waals surface area contributed by atoms with E-state index in [0.717, 1.165) is 50.4 Å². The first kappa shape index (κ1) is 17.1. The van der Waals surface area contributed by atoms with E-state index in [1.54, 1.807) is 0 Å². The quantitative estimate of drug-likeness (QED) is 0.761. The van der Waals surface area contributed by atoms with E-state index in [-0.39, 0.29) is 5.41 Å². The fourth-order valence-electron chi connectivity index (χ4n) is 7.98. The highest BCUT2D eigenvalue weighted by atomic mass is 16.3. The van der Waals surface area contributed by atoms with Crippen molar-refractivity contribution in [3.63, 3.8) is 0 Å². The molecule has 0 amide bonds. The van der Waals surface area contributed by atoms with E-state index in [1.807, 2.05) is 0 Å². The Bertz CT molecular complexity index is 528. The van der Waals surface area contributed by atoms with Gasteiger partial charge in [0.25, 0.3) is 0 Å². The molecule has 7 atom stereocenters. The maximum absolute atomic E-state index is 12.0. The molecule has 4 aliphatic rings. The van der Waals surface area contributed by atoms with Gasteiger partial charge >= 0.3 is 0 Å². The molecule has 2 heteroatoms. The van der Waals surface area contributed by atoms with Gasteiger partial charge in [-0.15, -0.1) is 0 Å². The van der Waals surface area contributed by atoms with Gasteiger partial charge in [-0.25, -0.2) is 0 Å². The number of fused-ring (bicyclic) bond motifs is 5. The van der Waals surface area contributed by atoms with Crippen molar-refractivity contribution in [2.45, 2.75) is 97.0 Å². The van der Waals surface area contributed by atoms with Gasteiger partial charge in [0.05, 0.1) is 5.60 Å². The zero-order valence-corrected chi connectivity index (χ0v) is 15.9. The van der Waals surface area contributed by atoms with Crippen LogP contribution in [-0.2, 0) is 4.79 Å². The third-order valence-corrected chi connectivity index (χ3v) is 9.47. The van der Waals surface area contributed by atoms with Crippen LogP contribution in [0.5, 0.6) is 0 Å². The predicted octanol–water partition coefficient (Wildman–Crippen LogP) is 5.13. The van der Waals surface area contributed by atoms with E-state index in [1.165, 1.54) is 32.1 Å². The summed E-state index contributed by atoms with van der Waals surface area (Å²) in [6.45, 7) is 7.14. The van der Waals surface area contributed by atoms with Gasteiger partial charge in [0.2, 0.25) is 0 Å². The van der Waals surface area contributed by atoms with Gasteiger partial charge in [-0.05, 0) is 85.9 Å². The summed E-state index contributed by atoms with van der Waals surface area (Å²) >= 11 is 0. The molecule has 0 radical (unpaired) electrons. The lowest BCUT2D eigenvalue weighted by Crippen LogP contribution is -2.56. The standard InChI is InChI=1S/C22H36O2/c1-4-10-22(24)13-9-19-17-6-5-15-14-16(23)7-11-20(15,2)18(17)8-12-21(19,22)3/h15,17-19,24H,4-14H2,1-3H3/t15-,17-,18-,19-,20+,21+,22+/m1/s1. The van der Waals surface area contributed by atoms with E-state index in [0.29, 0.717) is 23.0 Å². The zero-order valence-electron chi connectivity index (χ0n) is 15.9. The van der Waals surface area contributed by atoms with Gasteiger partial charge in [-0.1, -0.05) is 27.2 Å². The lowest BCUT2D eigenvalue weighted by Gasteiger charge is -2.61. The minimum Gasteiger partial charge on any atom is -0.389 e. The smallest absolute Gasteiger partial charge is 0.133 e. The van der Waals surface area contributed by atoms with Gasteiger partial charge in [0, 0.05) is 12.8 Å². The van der Waals surface area contributed by atoms with Crippen LogP contribution in [0, 0.1) is 34.5 Å². The summed E-state index contributed by atoms with van der Waals surface area (Å²) in [6.07, 6.45) is 12.2. The molecular weight excluding hydrogens is 296 g/mol. The maximum Gasteiger partial charge on any atom is 0.133 e. The van der Waals surface area contributed by atoms with Crippen molar-refractivity contribution < 1.29 is 9.90 Å². The topological polar surface area (TPSA) is 37.3 Å². The molecular formula is C22H36O2. The second-order valence-corrected chi connectivity index (χ2v) is 10.2. The molecule has 4 rings (SSSR count). The maximum atomic E-state index is 12.0. The minimum atomic E-state index is -0.419. The molecule has 0 aromatic heterocycles. The average molecular weight is 333 g/mol. The lowest BCUT2D eigenvalue weighted by atomic mass is 9.44. The molecule has 4 saturated carbocycles. The van der Waals surface area contributed by atoms with Gasteiger partial charge in [-0.3, -0.25) is 4.79 Å². The number of ketones is 1. The second kappa shape index (κ2) is 5.56. The van der Waals surface area contributed by atoms with Crippen molar-refractivity contribution in [1.29, 1.82) is 0 Å². The van der Waals surface area contributed by atoms with Crippen LogP contribution in [-0.4, -0.2) is 16.5 Å². The third kappa shape index (κ3) is 2.14. The molecule has 0 aromatic carbocycles. The van der Waals surface area contributed by atoms with Crippen LogP contribution < -0.4 is 0 Å². The zero-order chi connectivity index (χ0) is 17.2. The van der Waals surface area contributed by atoms with Crippen LogP contribution in [0.2, 0.25) is 0 Å². The van der Waals surface area contributed by atoms with Crippen LogP contribution in [0.15, 0.2) is 0 Å². The molecule has 136 valence electrons. The number of carbonyl (C=O) groups excluding carboxylic acids is 1. The minimum absolute atomic E-state index is 0.137. The summed E-state index contributed by atoms with van der Waals surface area (Å²) in [5, 5.41) is 11.4. The highest BCUT2D eigenvalue weighted by Crippen LogP contribution is 2.68. The Morgan fingerprint density at radius 3 is 2.54 bits per heavy atom. The highest BCUT2D eigenvalue weighted by Gasteiger charge is 2.64. The summed E-state index contributed by atoms with van der Waals surface area (Å²) < 4.78 is 0. The van der Waals surface area contributed by atoms with Gasteiger partial charge < -0.3 is 5.11 Å². The van der Waals surface area contributed by atoms with E-state index in [9.17, 15) is 9.90 Å². The Hall–Kier alpha value is -0.370. The Labute approximate surface area is 147 Å². The van der Waals surface area contributed by atoms with E-state index < -0.39 is 5.60 Å². The molecule has 4 aliphatic carbocycles. The summed E-state index contributed by atoms with van der Waals surface area (Å²) in [5.41, 5.74) is 0.110. The molecule has 0 bridgehead atoms. The van der Waals surface area contributed by atoms with Crippen LogP contribution in [0.4, 0.5) is 0 Å². The molecule has 0 aliphatic heterocycles. The Morgan fingerprint density at radius 1 is 1.04 bits per heavy atom. The van der Waals surface area contributed by atoms with Crippen molar-refractivity contribution in [1.82, 2.24) is 0 Å². The molecule has 0 saturated heterocycles. The largest absolute Gasteiger partial charge is 0.389 e. The first-order valence-corrected chi connectivity index (χ1v) is 10.6. The Balaban J connectivity index is 1.62. The van der Waals surface area contributed by atoms with Crippen LogP contribution in [0.25, 0.3) is 0 Å². The second-order valence-electron chi connectivity index (χ2n) is 10.2. The monoisotopic (exact) mass is 332 g/mol. The van der Waals surface area contributed by atoms with Crippen molar-refractivity contribution >= 4 is 5.78 Å². The number of rotatable bonds is 2. The van der Waals surface area contributed by atoms with E-state index in [4.69, 9.17) is 0 Å². The van der Waals surface area contributed by atoms with Crippen molar-refractivity contribution in [3.8, 4) is 0 Å². The molecule has 24 heavy (non-hydrogen) atoms. The summed E-state index contributed by atoms with van der Waals surface area (Å²) in [5.74, 6) is 3.45. The number of hydrogen-bond donors (Lipinski definition) is 1. The number of Topliss-reactive ketones (excluding diaryl/α,β-unsaturated/α-hetero) is 1. The van der Waals surface area contributed by atoms with Crippen LogP contribution in [0.1, 0.15) is 91.4 Å². The third-order valence-electron chi connectivity index (χ3n) is 9.47. The molecule has 0 unspecified atom stereocenters. The molecule has 0 aromatic rings. The predicted molar refractivity (Wildman–Crippen MR) is 96.6 cm³/mol. The fourth-order valence-corrected chi connectivity index (χ4v) is 7.98. The first-order chi connectivity index (χ1) is 11.3. The molecule has 0 heterocycles. The normalized spacial score (nSPS) is 54.1.